The van der Waals surface area contributed by atoms with Gasteiger partial charge in [0.15, 0.2) is 0 Å². The van der Waals surface area contributed by atoms with Crippen molar-refractivity contribution in [1.82, 2.24) is 0 Å². The van der Waals surface area contributed by atoms with Crippen molar-refractivity contribution in [2.45, 2.75) is 77.6 Å². The van der Waals surface area contributed by atoms with Crippen LogP contribution in [0.15, 0.2) is 12.1 Å². The van der Waals surface area contributed by atoms with Crippen LogP contribution >= 0.6 is 11.3 Å². The van der Waals surface area contributed by atoms with Crippen molar-refractivity contribution in [1.29, 1.82) is 0 Å². The van der Waals surface area contributed by atoms with E-state index in [0.717, 1.165) is 0 Å². The fraction of sp³-hybridized carbons (Fsp3) is 0.750. The molecule has 1 radical (unpaired) electrons. The molecule has 0 unspecified atom stereocenters. The molecule has 0 aliphatic rings. The van der Waals surface area contributed by atoms with E-state index in [9.17, 15) is 0 Å². The summed E-state index contributed by atoms with van der Waals surface area (Å²) in [5.74, 6) is 0. The predicted octanol–water partition coefficient (Wildman–Crippen LogP) is 6.01. The Morgan fingerprint density at radius 2 is 1.47 bits per heavy atom. The lowest BCUT2D eigenvalue weighted by Gasteiger charge is -2.01. The topological polar surface area (TPSA) is 0 Å². The average molecular weight is 251 g/mol. The van der Waals surface area contributed by atoms with Crippen molar-refractivity contribution in [3.63, 3.8) is 0 Å². The van der Waals surface area contributed by atoms with Gasteiger partial charge in [-0.15, -0.1) is 11.3 Å². The summed E-state index contributed by atoms with van der Waals surface area (Å²) < 4.78 is 0. The Labute approximate surface area is 111 Å². The summed E-state index contributed by atoms with van der Waals surface area (Å²) in [5.41, 5.74) is 0. The van der Waals surface area contributed by atoms with Crippen LogP contribution in [0.5, 0.6) is 0 Å². The minimum atomic E-state index is 1.27. The number of unbranched alkanes of at least 4 members (excludes halogenated alkanes) is 9. The van der Waals surface area contributed by atoms with Crippen LogP contribution in [0.1, 0.15) is 76.0 Å². The molecule has 0 fully saturated rings. The highest BCUT2D eigenvalue weighted by Crippen LogP contribution is 2.14. The largest absolute Gasteiger partial charge is 0.139 e. The van der Waals surface area contributed by atoms with E-state index in [1.54, 1.807) is 11.3 Å². The average Bonchev–Trinajstić information content (AvgIpc) is 2.85. The lowest BCUT2D eigenvalue weighted by atomic mass is 10.1. The Balaban J connectivity index is 1.76. The van der Waals surface area contributed by atoms with Gasteiger partial charge in [-0.2, -0.15) is 0 Å². The summed E-state index contributed by atoms with van der Waals surface area (Å²) in [6.07, 6.45) is 15.5. The van der Waals surface area contributed by atoms with E-state index in [-0.39, 0.29) is 0 Å². The third-order valence-electron chi connectivity index (χ3n) is 3.30. The molecule has 0 atom stereocenters. The maximum absolute atomic E-state index is 3.16. The van der Waals surface area contributed by atoms with Gasteiger partial charge in [0.1, 0.15) is 0 Å². The zero-order valence-corrected chi connectivity index (χ0v) is 12.2. The van der Waals surface area contributed by atoms with Crippen LogP contribution < -0.4 is 0 Å². The van der Waals surface area contributed by atoms with Crippen molar-refractivity contribution < 1.29 is 0 Å². The Kier molecular flexibility index (Phi) is 9.40. The summed E-state index contributed by atoms with van der Waals surface area (Å²) in [7, 11) is 0. The Morgan fingerprint density at radius 1 is 0.882 bits per heavy atom. The first-order chi connectivity index (χ1) is 8.43. The maximum atomic E-state index is 3.16. The van der Waals surface area contributed by atoms with Gasteiger partial charge in [0.25, 0.3) is 0 Å². The number of hydrogen-bond donors (Lipinski definition) is 0. The minimum absolute atomic E-state index is 1.27. The van der Waals surface area contributed by atoms with Gasteiger partial charge >= 0.3 is 0 Å². The van der Waals surface area contributed by atoms with E-state index in [1.165, 1.54) is 75.5 Å². The van der Waals surface area contributed by atoms with E-state index in [0.29, 0.717) is 0 Å². The van der Waals surface area contributed by atoms with Gasteiger partial charge in [0.05, 0.1) is 0 Å². The molecule has 0 spiro atoms. The molecule has 1 aromatic heterocycles. The molecule has 0 N–H and O–H groups in total. The molecule has 1 rings (SSSR count). The summed E-state index contributed by atoms with van der Waals surface area (Å²) in [5, 5.41) is 3.16. The van der Waals surface area contributed by atoms with E-state index in [1.807, 2.05) is 6.07 Å². The SMILES string of the molecule is CCCCCCCCCCCCc1cc[c]s1. The normalized spacial score (nSPS) is 10.9. The highest BCUT2D eigenvalue weighted by Gasteiger charge is 1.95. The zero-order chi connectivity index (χ0) is 12.2. The van der Waals surface area contributed by atoms with Crippen LogP contribution in [0.4, 0.5) is 0 Å². The first-order valence-electron chi connectivity index (χ1n) is 7.38. The van der Waals surface area contributed by atoms with Crippen molar-refractivity contribution in [2.24, 2.45) is 0 Å². The molecule has 0 bridgehead atoms. The molecule has 0 aliphatic heterocycles. The van der Waals surface area contributed by atoms with Gasteiger partial charge in [-0.3, -0.25) is 0 Å². The molecule has 17 heavy (non-hydrogen) atoms. The lowest BCUT2D eigenvalue weighted by molar-refractivity contribution is 0.557. The third-order valence-corrected chi connectivity index (χ3v) is 4.16. The fourth-order valence-corrected chi connectivity index (χ4v) is 2.86. The molecular weight excluding hydrogens is 224 g/mol. The van der Waals surface area contributed by atoms with E-state index < -0.39 is 0 Å². The Bertz CT molecular complexity index is 238. The van der Waals surface area contributed by atoms with Crippen molar-refractivity contribution >= 4 is 11.3 Å². The van der Waals surface area contributed by atoms with Crippen molar-refractivity contribution in [3.8, 4) is 0 Å². The number of rotatable bonds is 11. The molecule has 0 aliphatic carbocycles. The molecule has 1 heterocycles. The van der Waals surface area contributed by atoms with Crippen LogP contribution in [-0.2, 0) is 6.42 Å². The maximum Gasteiger partial charge on any atom is 0.0445 e. The highest BCUT2D eigenvalue weighted by atomic mass is 32.1. The van der Waals surface area contributed by atoms with Crippen molar-refractivity contribution in [3.05, 3.63) is 22.4 Å². The summed E-state index contributed by atoms with van der Waals surface area (Å²) in [6, 6.07) is 4.24. The smallest absolute Gasteiger partial charge is 0.0445 e. The molecular formula is C16H27S. The quantitative estimate of drug-likeness (QED) is 0.422. The van der Waals surface area contributed by atoms with Crippen LogP contribution in [0.3, 0.4) is 0 Å². The zero-order valence-electron chi connectivity index (χ0n) is 11.3. The first kappa shape index (κ1) is 14.8. The molecule has 1 aromatic rings. The molecule has 1 heteroatoms. The van der Waals surface area contributed by atoms with Gasteiger partial charge in [-0.1, -0.05) is 64.7 Å². The third kappa shape index (κ3) is 8.43. The van der Waals surface area contributed by atoms with Gasteiger partial charge in [-0.25, -0.2) is 0 Å². The second kappa shape index (κ2) is 10.8. The molecule has 0 nitrogen and oxygen atoms in total. The fourth-order valence-electron chi connectivity index (χ4n) is 2.19. The second-order valence-corrected chi connectivity index (χ2v) is 5.92. The highest BCUT2D eigenvalue weighted by molar-refractivity contribution is 7.09. The summed E-state index contributed by atoms with van der Waals surface area (Å²) in [4.78, 5) is 1.50. The lowest BCUT2D eigenvalue weighted by Crippen LogP contribution is -1.83. The second-order valence-electron chi connectivity index (χ2n) is 4.95. The predicted molar refractivity (Wildman–Crippen MR) is 78.7 cm³/mol. The van der Waals surface area contributed by atoms with Crippen LogP contribution in [-0.4, -0.2) is 0 Å². The molecule has 0 saturated carbocycles. The van der Waals surface area contributed by atoms with Crippen LogP contribution in [0.25, 0.3) is 0 Å². The van der Waals surface area contributed by atoms with Gasteiger partial charge < -0.3 is 0 Å². The number of aryl methyl sites for hydroxylation is 1. The Hall–Kier alpha value is -0.300. The van der Waals surface area contributed by atoms with Gasteiger partial charge in [0, 0.05) is 10.3 Å². The monoisotopic (exact) mass is 251 g/mol. The number of hydrogen-bond acceptors (Lipinski definition) is 1. The summed E-state index contributed by atoms with van der Waals surface area (Å²) in [6.45, 7) is 2.28. The summed E-state index contributed by atoms with van der Waals surface area (Å²) >= 11 is 1.78. The Morgan fingerprint density at radius 3 is 2.00 bits per heavy atom. The van der Waals surface area contributed by atoms with E-state index in [2.05, 4.69) is 18.4 Å². The van der Waals surface area contributed by atoms with Crippen molar-refractivity contribution in [2.75, 3.05) is 0 Å². The standard InChI is InChI=1S/C16H27S/c1-2-3-4-5-6-7-8-9-10-11-13-16-14-12-15-17-16/h12,14H,2-11,13H2,1H3. The van der Waals surface area contributed by atoms with Crippen LogP contribution in [0.2, 0.25) is 0 Å². The molecule has 97 valence electrons. The molecule has 0 amide bonds. The molecule has 0 saturated heterocycles. The van der Waals surface area contributed by atoms with E-state index in [4.69, 9.17) is 0 Å². The van der Waals surface area contributed by atoms with E-state index >= 15 is 0 Å². The first-order valence-corrected chi connectivity index (χ1v) is 8.20. The van der Waals surface area contributed by atoms with Gasteiger partial charge in [0.2, 0.25) is 0 Å². The van der Waals surface area contributed by atoms with Gasteiger partial charge in [-0.05, 0) is 25.0 Å². The minimum Gasteiger partial charge on any atom is -0.139 e. The number of thiophene rings is 1. The van der Waals surface area contributed by atoms with Crippen LogP contribution in [0, 0.1) is 5.38 Å². The molecule has 0 aromatic carbocycles.